The Hall–Kier alpha value is -2.78. The van der Waals surface area contributed by atoms with E-state index in [0.717, 1.165) is 44.6 Å². The van der Waals surface area contributed by atoms with E-state index in [-0.39, 0.29) is 16.8 Å². The Morgan fingerprint density at radius 2 is 1.62 bits per heavy atom. The maximum absolute atomic E-state index is 13.0. The average molecular weight is 483 g/mol. The predicted molar refractivity (Wildman–Crippen MR) is 134 cm³/mol. The van der Waals surface area contributed by atoms with Gasteiger partial charge in [-0.25, -0.2) is 13.1 Å². The summed E-state index contributed by atoms with van der Waals surface area (Å²) in [5.74, 6) is 0.360. The number of sulfone groups is 1. The van der Waals surface area contributed by atoms with Crippen LogP contribution in [0.5, 0.6) is 0 Å². The van der Waals surface area contributed by atoms with E-state index in [9.17, 15) is 8.42 Å². The standard InChI is InChI=1S/C25H34N6O2S/c1-5-6-23(29-13-15-30(16-14-29)24-17-20(3)7-10-21(24)4)25-26-27-28-31(25)18-34(32,33)22-11-8-19(2)9-12-22/h7-12,17,23H,5-6,13-16,18H2,1-4H3/t23-/m1/s1. The van der Waals surface area contributed by atoms with Gasteiger partial charge in [0.2, 0.25) is 0 Å². The summed E-state index contributed by atoms with van der Waals surface area (Å²) < 4.78 is 27.5. The molecule has 2 aromatic carbocycles. The quantitative estimate of drug-likeness (QED) is 0.484. The molecule has 0 aliphatic carbocycles. The van der Waals surface area contributed by atoms with Crippen LogP contribution < -0.4 is 4.90 Å². The molecule has 1 saturated heterocycles. The van der Waals surface area contributed by atoms with E-state index in [4.69, 9.17) is 0 Å². The summed E-state index contributed by atoms with van der Waals surface area (Å²) >= 11 is 0. The Kier molecular flexibility index (Phi) is 7.33. The Morgan fingerprint density at radius 1 is 0.941 bits per heavy atom. The van der Waals surface area contributed by atoms with Crippen molar-refractivity contribution in [3.8, 4) is 0 Å². The van der Waals surface area contributed by atoms with Crippen LogP contribution >= 0.6 is 0 Å². The van der Waals surface area contributed by atoms with Crippen LogP contribution in [-0.4, -0.2) is 59.7 Å². The molecule has 0 unspecified atom stereocenters. The second kappa shape index (κ2) is 10.2. The maximum Gasteiger partial charge on any atom is 0.198 e. The average Bonchev–Trinajstić information content (AvgIpc) is 3.26. The van der Waals surface area contributed by atoms with Crippen LogP contribution in [0.25, 0.3) is 0 Å². The third kappa shape index (κ3) is 5.31. The smallest absolute Gasteiger partial charge is 0.198 e. The van der Waals surface area contributed by atoms with E-state index < -0.39 is 9.84 Å². The predicted octanol–water partition coefficient (Wildman–Crippen LogP) is 3.69. The van der Waals surface area contributed by atoms with Crippen LogP contribution in [0.15, 0.2) is 47.4 Å². The van der Waals surface area contributed by atoms with Crippen molar-refractivity contribution >= 4 is 15.5 Å². The van der Waals surface area contributed by atoms with Gasteiger partial charge in [-0.3, -0.25) is 4.90 Å². The van der Waals surface area contributed by atoms with E-state index >= 15 is 0 Å². The molecule has 0 radical (unpaired) electrons. The van der Waals surface area contributed by atoms with Gasteiger partial charge in [0.1, 0.15) is 0 Å². The lowest BCUT2D eigenvalue weighted by Gasteiger charge is -2.40. The fraction of sp³-hybridized carbons (Fsp3) is 0.480. The van der Waals surface area contributed by atoms with E-state index in [0.29, 0.717) is 5.82 Å². The summed E-state index contributed by atoms with van der Waals surface area (Å²) in [7, 11) is -3.56. The number of tetrazole rings is 1. The van der Waals surface area contributed by atoms with Crippen molar-refractivity contribution < 1.29 is 8.42 Å². The first-order valence-electron chi connectivity index (χ1n) is 11.9. The minimum absolute atomic E-state index is 0.0195. The number of hydrogen-bond acceptors (Lipinski definition) is 7. The van der Waals surface area contributed by atoms with Gasteiger partial charge in [0.25, 0.3) is 0 Å². The van der Waals surface area contributed by atoms with Crippen molar-refractivity contribution in [1.82, 2.24) is 25.1 Å². The molecule has 8 nitrogen and oxygen atoms in total. The minimum Gasteiger partial charge on any atom is -0.369 e. The Bertz CT molecular complexity index is 1210. The fourth-order valence-corrected chi connectivity index (χ4v) is 5.81. The Labute approximate surface area is 202 Å². The lowest BCUT2D eigenvalue weighted by molar-refractivity contribution is 0.165. The molecule has 1 aliphatic heterocycles. The van der Waals surface area contributed by atoms with Gasteiger partial charge in [-0.2, -0.15) is 0 Å². The van der Waals surface area contributed by atoms with Crippen LogP contribution in [0, 0.1) is 20.8 Å². The van der Waals surface area contributed by atoms with Gasteiger partial charge in [-0.15, -0.1) is 5.10 Å². The Morgan fingerprint density at radius 3 is 2.29 bits per heavy atom. The minimum atomic E-state index is -3.56. The molecule has 0 saturated carbocycles. The number of aryl methyl sites for hydroxylation is 3. The number of benzene rings is 2. The SMILES string of the molecule is CCC[C@H](c1nnnn1CS(=O)(=O)c1ccc(C)cc1)N1CCN(c2cc(C)ccc2C)CC1. The molecule has 182 valence electrons. The molecule has 1 fully saturated rings. The topological polar surface area (TPSA) is 84.2 Å². The van der Waals surface area contributed by atoms with Gasteiger partial charge in [-0.05, 0) is 66.9 Å². The zero-order valence-electron chi connectivity index (χ0n) is 20.5. The van der Waals surface area contributed by atoms with Crippen molar-refractivity contribution in [1.29, 1.82) is 0 Å². The monoisotopic (exact) mass is 482 g/mol. The van der Waals surface area contributed by atoms with Gasteiger partial charge >= 0.3 is 0 Å². The molecular formula is C25H34N6O2S. The van der Waals surface area contributed by atoms with Crippen molar-refractivity contribution in [2.24, 2.45) is 0 Å². The highest BCUT2D eigenvalue weighted by molar-refractivity contribution is 7.90. The second-order valence-corrected chi connectivity index (χ2v) is 11.2. The summed E-state index contributed by atoms with van der Waals surface area (Å²) in [4.78, 5) is 5.12. The number of anilines is 1. The molecule has 3 aromatic rings. The highest BCUT2D eigenvalue weighted by Crippen LogP contribution is 2.29. The normalized spacial score (nSPS) is 16.1. The number of rotatable bonds is 8. The van der Waals surface area contributed by atoms with Crippen molar-refractivity contribution in [3.63, 3.8) is 0 Å². The molecule has 0 amide bonds. The molecule has 9 heteroatoms. The highest BCUT2D eigenvalue weighted by Gasteiger charge is 2.30. The first kappa shape index (κ1) is 24.3. The molecule has 1 aliphatic rings. The lowest BCUT2D eigenvalue weighted by Crippen LogP contribution is -2.48. The molecule has 34 heavy (non-hydrogen) atoms. The zero-order chi connectivity index (χ0) is 24.3. The summed E-state index contributed by atoms with van der Waals surface area (Å²) in [5, 5.41) is 12.2. The number of aromatic nitrogens is 4. The van der Waals surface area contributed by atoms with E-state index in [1.54, 1.807) is 12.1 Å². The first-order valence-corrected chi connectivity index (χ1v) is 13.6. The van der Waals surface area contributed by atoms with Gasteiger partial charge in [-0.1, -0.05) is 43.2 Å². The van der Waals surface area contributed by atoms with Crippen molar-refractivity contribution in [3.05, 3.63) is 65.0 Å². The van der Waals surface area contributed by atoms with E-state index in [1.165, 1.54) is 21.5 Å². The first-order chi connectivity index (χ1) is 16.3. The molecule has 4 rings (SSSR count). The fourth-order valence-electron chi connectivity index (χ4n) is 4.61. The summed E-state index contributed by atoms with van der Waals surface area (Å²) in [6.45, 7) is 11.9. The van der Waals surface area contributed by atoms with Crippen molar-refractivity contribution in [2.75, 3.05) is 31.1 Å². The van der Waals surface area contributed by atoms with Gasteiger partial charge < -0.3 is 4.90 Å². The maximum atomic E-state index is 13.0. The van der Waals surface area contributed by atoms with Crippen LogP contribution in [-0.2, 0) is 15.7 Å². The molecular weight excluding hydrogens is 448 g/mol. The largest absolute Gasteiger partial charge is 0.369 e. The molecule has 0 bridgehead atoms. The number of hydrogen-bond donors (Lipinski definition) is 0. The van der Waals surface area contributed by atoms with E-state index in [1.807, 2.05) is 19.1 Å². The second-order valence-electron chi connectivity index (χ2n) is 9.21. The highest BCUT2D eigenvalue weighted by atomic mass is 32.2. The molecule has 0 N–H and O–H groups in total. The van der Waals surface area contributed by atoms with Gasteiger partial charge in [0.15, 0.2) is 21.5 Å². The molecule has 0 spiro atoms. The number of nitrogens with zero attached hydrogens (tertiary/aromatic N) is 6. The van der Waals surface area contributed by atoms with Crippen LogP contribution in [0.4, 0.5) is 5.69 Å². The summed E-state index contributed by atoms with van der Waals surface area (Å²) in [5.41, 5.74) is 4.86. The third-order valence-corrected chi connectivity index (χ3v) is 8.13. The molecule has 1 aromatic heterocycles. The Balaban J connectivity index is 1.51. The molecule has 2 heterocycles. The summed E-state index contributed by atoms with van der Waals surface area (Å²) in [6.07, 6.45) is 1.83. The van der Waals surface area contributed by atoms with Crippen LogP contribution in [0.3, 0.4) is 0 Å². The molecule has 1 atom stereocenters. The summed E-state index contributed by atoms with van der Waals surface area (Å²) in [6, 6.07) is 13.5. The zero-order valence-corrected chi connectivity index (χ0v) is 21.3. The third-order valence-electron chi connectivity index (χ3n) is 6.55. The van der Waals surface area contributed by atoms with Crippen molar-refractivity contribution in [2.45, 2.75) is 57.4 Å². The lowest BCUT2D eigenvalue weighted by atomic mass is 10.1. The number of piperazine rings is 1. The van der Waals surface area contributed by atoms with E-state index in [2.05, 4.69) is 64.3 Å². The van der Waals surface area contributed by atoms with Crippen LogP contribution in [0.1, 0.15) is 48.3 Å². The van der Waals surface area contributed by atoms with Gasteiger partial charge in [0.05, 0.1) is 10.9 Å². The van der Waals surface area contributed by atoms with Crippen LogP contribution in [0.2, 0.25) is 0 Å². The van der Waals surface area contributed by atoms with Gasteiger partial charge in [0, 0.05) is 31.9 Å².